The van der Waals surface area contributed by atoms with Gasteiger partial charge < -0.3 is 14.8 Å². The van der Waals surface area contributed by atoms with Crippen molar-refractivity contribution in [1.82, 2.24) is 0 Å². The van der Waals surface area contributed by atoms with Gasteiger partial charge in [0.1, 0.15) is 12.4 Å². The molecule has 0 spiro atoms. The fourth-order valence-corrected chi connectivity index (χ4v) is 1.29. The van der Waals surface area contributed by atoms with Crippen molar-refractivity contribution >= 4 is 17.6 Å². The summed E-state index contributed by atoms with van der Waals surface area (Å²) in [4.78, 5) is 22.8. The Hall–Kier alpha value is -1.95. The number of nitrogens with one attached hydrogen (secondary N) is 1. The van der Waals surface area contributed by atoms with Crippen LogP contribution in [0.1, 0.15) is 17.3 Å². The van der Waals surface area contributed by atoms with Gasteiger partial charge in [-0.1, -0.05) is 0 Å². The van der Waals surface area contributed by atoms with Crippen LogP contribution in [0.25, 0.3) is 0 Å². The molecule has 0 heterocycles. The lowest BCUT2D eigenvalue weighted by Crippen LogP contribution is -2.20. The van der Waals surface area contributed by atoms with Crippen molar-refractivity contribution in [1.29, 1.82) is 0 Å². The largest absolute Gasteiger partial charge is 0.465 e. The van der Waals surface area contributed by atoms with Crippen molar-refractivity contribution in [2.24, 2.45) is 0 Å². The van der Waals surface area contributed by atoms with Gasteiger partial charge in [0.2, 0.25) is 5.91 Å². The first-order valence-corrected chi connectivity index (χ1v) is 5.34. The van der Waals surface area contributed by atoms with Crippen LogP contribution >= 0.6 is 0 Å². The molecular formula is C12H14FNO4. The number of esters is 1. The summed E-state index contributed by atoms with van der Waals surface area (Å²) < 4.78 is 22.5. The number of anilines is 1. The minimum absolute atomic E-state index is 0.0616. The van der Waals surface area contributed by atoms with E-state index < -0.39 is 17.7 Å². The van der Waals surface area contributed by atoms with Gasteiger partial charge in [-0.3, -0.25) is 4.79 Å². The minimum Gasteiger partial charge on any atom is -0.465 e. The SMILES string of the molecule is CCOCC(=O)Nc1cc(F)ccc1C(=O)OC. The third kappa shape index (κ3) is 3.81. The Kier molecular flexibility index (Phi) is 5.26. The molecule has 1 aromatic carbocycles. The zero-order chi connectivity index (χ0) is 13.5. The maximum Gasteiger partial charge on any atom is 0.339 e. The van der Waals surface area contributed by atoms with E-state index in [1.54, 1.807) is 6.92 Å². The molecule has 1 rings (SSSR count). The van der Waals surface area contributed by atoms with Gasteiger partial charge in [-0.2, -0.15) is 0 Å². The Morgan fingerprint density at radius 1 is 1.39 bits per heavy atom. The van der Waals surface area contributed by atoms with Crippen LogP contribution in [0.3, 0.4) is 0 Å². The Labute approximate surface area is 104 Å². The molecule has 0 aromatic heterocycles. The molecule has 0 aliphatic heterocycles. The highest BCUT2D eigenvalue weighted by atomic mass is 19.1. The monoisotopic (exact) mass is 255 g/mol. The smallest absolute Gasteiger partial charge is 0.339 e. The topological polar surface area (TPSA) is 64.6 Å². The summed E-state index contributed by atoms with van der Waals surface area (Å²) in [6, 6.07) is 3.41. The summed E-state index contributed by atoms with van der Waals surface area (Å²) in [7, 11) is 1.21. The lowest BCUT2D eigenvalue weighted by atomic mass is 10.1. The molecule has 5 nitrogen and oxygen atoms in total. The second-order valence-electron chi connectivity index (χ2n) is 3.37. The summed E-state index contributed by atoms with van der Waals surface area (Å²) in [6.45, 7) is 1.98. The van der Waals surface area contributed by atoms with Crippen LogP contribution < -0.4 is 5.32 Å². The Morgan fingerprint density at radius 3 is 2.72 bits per heavy atom. The molecule has 18 heavy (non-hydrogen) atoms. The van der Waals surface area contributed by atoms with Crippen LogP contribution in [-0.4, -0.2) is 32.2 Å². The third-order valence-corrected chi connectivity index (χ3v) is 2.10. The zero-order valence-corrected chi connectivity index (χ0v) is 10.2. The number of hydrogen-bond donors (Lipinski definition) is 1. The fourth-order valence-electron chi connectivity index (χ4n) is 1.29. The van der Waals surface area contributed by atoms with Gasteiger partial charge in [-0.05, 0) is 25.1 Å². The van der Waals surface area contributed by atoms with Crippen LogP contribution in [0.4, 0.5) is 10.1 Å². The Morgan fingerprint density at radius 2 is 2.11 bits per heavy atom. The van der Waals surface area contributed by atoms with E-state index in [1.807, 2.05) is 0 Å². The number of carbonyl (C=O) groups is 2. The molecule has 0 saturated carbocycles. The molecule has 0 radical (unpaired) electrons. The lowest BCUT2D eigenvalue weighted by Gasteiger charge is -2.09. The Bertz CT molecular complexity index is 448. The number of rotatable bonds is 5. The first-order chi connectivity index (χ1) is 8.58. The van der Waals surface area contributed by atoms with Crippen molar-refractivity contribution in [3.63, 3.8) is 0 Å². The van der Waals surface area contributed by atoms with Crippen molar-refractivity contribution < 1.29 is 23.5 Å². The van der Waals surface area contributed by atoms with Gasteiger partial charge in [-0.15, -0.1) is 0 Å². The van der Waals surface area contributed by atoms with Gasteiger partial charge in [0.05, 0.1) is 18.4 Å². The highest BCUT2D eigenvalue weighted by Gasteiger charge is 2.14. The zero-order valence-electron chi connectivity index (χ0n) is 10.2. The maximum absolute atomic E-state index is 13.1. The molecule has 0 aliphatic carbocycles. The van der Waals surface area contributed by atoms with Crippen LogP contribution in [-0.2, 0) is 14.3 Å². The molecule has 0 saturated heterocycles. The molecule has 0 aliphatic rings. The van der Waals surface area contributed by atoms with Gasteiger partial charge >= 0.3 is 5.97 Å². The van der Waals surface area contributed by atoms with E-state index in [1.165, 1.54) is 13.2 Å². The van der Waals surface area contributed by atoms with Crippen LogP contribution in [0.2, 0.25) is 0 Å². The maximum atomic E-state index is 13.1. The van der Waals surface area contributed by atoms with E-state index in [2.05, 4.69) is 10.1 Å². The van der Waals surface area contributed by atoms with Gasteiger partial charge in [0.15, 0.2) is 0 Å². The number of methoxy groups -OCH3 is 1. The average molecular weight is 255 g/mol. The predicted octanol–water partition coefficient (Wildman–Crippen LogP) is 1.59. The fraction of sp³-hybridized carbons (Fsp3) is 0.333. The van der Waals surface area contributed by atoms with E-state index in [4.69, 9.17) is 4.74 Å². The number of hydrogen-bond acceptors (Lipinski definition) is 4. The van der Waals surface area contributed by atoms with E-state index in [0.29, 0.717) is 6.61 Å². The first kappa shape index (κ1) is 14.1. The summed E-state index contributed by atoms with van der Waals surface area (Å²) >= 11 is 0. The van der Waals surface area contributed by atoms with Gasteiger partial charge in [0, 0.05) is 6.61 Å². The molecule has 0 unspecified atom stereocenters. The lowest BCUT2D eigenvalue weighted by molar-refractivity contribution is -0.120. The molecule has 0 fully saturated rings. The Balaban J connectivity index is 2.88. The minimum atomic E-state index is -0.651. The van der Waals surface area contributed by atoms with Crippen LogP contribution in [0.15, 0.2) is 18.2 Å². The summed E-state index contributed by atoms with van der Waals surface area (Å²) in [6.07, 6.45) is 0. The van der Waals surface area contributed by atoms with E-state index in [9.17, 15) is 14.0 Å². The molecule has 0 atom stereocenters. The molecule has 0 bridgehead atoms. The highest BCUT2D eigenvalue weighted by Crippen LogP contribution is 2.18. The van der Waals surface area contributed by atoms with Crippen LogP contribution in [0, 0.1) is 5.82 Å². The van der Waals surface area contributed by atoms with Gasteiger partial charge in [0.25, 0.3) is 0 Å². The van der Waals surface area contributed by atoms with E-state index in [-0.39, 0.29) is 17.9 Å². The van der Waals surface area contributed by atoms with E-state index >= 15 is 0 Å². The normalized spacial score (nSPS) is 9.94. The number of carbonyl (C=O) groups excluding carboxylic acids is 2. The summed E-state index contributed by atoms with van der Waals surface area (Å²) in [5.41, 5.74) is 0.148. The van der Waals surface area contributed by atoms with Crippen molar-refractivity contribution in [2.75, 3.05) is 25.6 Å². The quantitative estimate of drug-likeness (QED) is 0.811. The van der Waals surface area contributed by atoms with Crippen LogP contribution in [0.5, 0.6) is 0 Å². The van der Waals surface area contributed by atoms with E-state index in [0.717, 1.165) is 12.1 Å². The third-order valence-electron chi connectivity index (χ3n) is 2.10. The molecule has 1 amide bonds. The number of ether oxygens (including phenoxy) is 2. The predicted molar refractivity (Wildman–Crippen MR) is 62.9 cm³/mol. The highest BCUT2D eigenvalue weighted by molar-refractivity contribution is 6.01. The van der Waals surface area contributed by atoms with Gasteiger partial charge in [-0.25, -0.2) is 9.18 Å². The molecule has 98 valence electrons. The van der Waals surface area contributed by atoms with Crippen molar-refractivity contribution in [2.45, 2.75) is 6.92 Å². The number of benzene rings is 1. The second-order valence-corrected chi connectivity index (χ2v) is 3.37. The molecule has 1 aromatic rings. The summed E-state index contributed by atoms with van der Waals surface area (Å²) in [5.74, 6) is -1.68. The standard InChI is InChI=1S/C12H14FNO4/c1-3-18-7-11(15)14-10-6-8(13)4-5-9(10)12(16)17-2/h4-6H,3,7H2,1-2H3,(H,14,15). The van der Waals surface area contributed by atoms with Crippen molar-refractivity contribution in [3.8, 4) is 0 Å². The average Bonchev–Trinajstić information content (AvgIpc) is 2.35. The second kappa shape index (κ2) is 6.70. The van der Waals surface area contributed by atoms with Crippen molar-refractivity contribution in [3.05, 3.63) is 29.6 Å². The first-order valence-electron chi connectivity index (χ1n) is 5.34. The summed E-state index contributed by atoms with van der Waals surface area (Å²) in [5, 5.41) is 2.40. The molecule has 1 N–H and O–H groups in total. The number of halogens is 1. The molecular weight excluding hydrogens is 241 g/mol. The molecule has 6 heteroatoms. The number of amides is 1.